The molecular weight excluding hydrogens is 314 g/mol. The summed E-state index contributed by atoms with van der Waals surface area (Å²) in [6, 6.07) is 16.0. The molecular formula is C21H23NOS. The van der Waals surface area contributed by atoms with Crippen molar-refractivity contribution in [3.8, 4) is 11.1 Å². The Morgan fingerprint density at radius 3 is 2.29 bits per heavy atom. The number of aryl methyl sites for hydroxylation is 1. The van der Waals surface area contributed by atoms with E-state index in [-0.39, 0.29) is 5.78 Å². The lowest BCUT2D eigenvalue weighted by atomic mass is 10.0. The molecule has 24 heavy (non-hydrogen) atoms. The summed E-state index contributed by atoms with van der Waals surface area (Å²) in [6.45, 7) is 3.66. The second kappa shape index (κ2) is 9.26. The third-order valence-electron chi connectivity index (χ3n) is 3.72. The number of hydrogen-bond donors (Lipinski definition) is 1. The summed E-state index contributed by atoms with van der Waals surface area (Å²) in [4.78, 5) is 12.5. The van der Waals surface area contributed by atoms with E-state index in [1.807, 2.05) is 30.3 Å². The fourth-order valence-corrected chi connectivity index (χ4v) is 2.81. The van der Waals surface area contributed by atoms with Gasteiger partial charge in [-0.05, 0) is 55.8 Å². The number of allylic oxidation sites excluding steroid dienone is 3. The Morgan fingerprint density at radius 2 is 1.75 bits per heavy atom. The number of carbonyl (C=O) groups is 1. The molecule has 0 aliphatic heterocycles. The van der Waals surface area contributed by atoms with Crippen molar-refractivity contribution < 1.29 is 4.79 Å². The van der Waals surface area contributed by atoms with Crippen molar-refractivity contribution in [3.63, 3.8) is 0 Å². The number of hydrogen-bond acceptors (Lipinski definition) is 3. The lowest BCUT2D eigenvalue weighted by molar-refractivity contribution is 0.101. The molecule has 2 N–H and O–H groups in total. The van der Waals surface area contributed by atoms with E-state index in [4.69, 9.17) is 5.14 Å². The van der Waals surface area contributed by atoms with E-state index < -0.39 is 0 Å². The average Bonchev–Trinajstić information content (AvgIpc) is 2.63. The minimum atomic E-state index is 0.106. The highest BCUT2D eigenvalue weighted by atomic mass is 32.2. The number of nitrogens with two attached hydrogens (primary N) is 1. The van der Waals surface area contributed by atoms with Gasteiger partial charge in [-0.3, -0.25) is 9.93 Å². The molecule has 3 rings (SSSR count). The molecule has 0 fully saturated rings. The van der Waals surface area contributed by atoms with Crippen LogP contribution >= 0.6 is 11.9 Å². The molecule has 0 bridgehead atoms. The molecule has 2 aromatic carbocycles. The van der Waals surface area contributed by atoms with Gasteiger partial charge in [0.25, 0.3) is 0 Å². The zero-order valence-corrected chi connectivity index (χ0v) is 15.0. The van der Waals surface area contributed by atoms with Crippen LogP contribution in [0.2, 0.25) is 0 Å². The summed E-state index contributed by atoms with van der Waals surface area (Å²) in [7, 11) is 0. The summed E-state index contributed by atoms with van der Waals surface area (Å²) >= 11 is 1.32. The van der Waals surface area contributed by atoms with E-state index in [2.05, 4.69) is 43.4 Å². The molecule has 1 aliphatic carbocycles. The predicted octanol–water partition coefficient (Wildman–Crippen LogP) is 5.69. The third kappa shape index (κ3) is 5.52. The van der Waals surface area contributed by atoms with E-state index in [9.17, 15) is 4.79 Å². The van der Waals surface area contributed by atoms with Gasteiger partial charge >= 0.3 is 0 Å². The largest absolute Gasteiger partial charge is 0.295 e. The molecule has 0 heterocycles. The molecule has 0 amide bonds. The number of benzene rings is 2. The first kappa shape index (κ1) is 18.2. The molecule has 0 spiro atoms. The summed E-state index contributed by atoms with van der Waals surface area (Å²) < 4.78 is 0. The van der Waals surface area contributed by atoms with Crippen molar-refractivity contribution >= 4 is 17.7 Å². The van der Waals surface area contributed by atoms with Gasteiger partial charge in [-0.2, -0.15) is 0 Å². The Labute approximate surface area is 148 Å². The average molecular weight is 337 g/mol. The van der Waals surface area contributed by atoms with Crippen molar-refractivity contribution in [1.82, 2.24) is 0 Å². The normalized spacial score (nSPS) is 12.9. The van der Waals surface area contributed by atoms with Gasteiger partial charge in [0.05, 0.1) is 0 Å². The van der Waals surface area contributed by atoms with Gasteiger partial charge in [-0.1, -0.05) is 66.3 Å². The molecule has 1 aliphatic rings. The summed E-state index contributed by atoms with van der Waals surface area (Å²) in [6.07, 6.45) is 8.69. The number of carbonyl (C=O) groups excluding carboxylic acids is 1. The van der Waals surface area contributed by atoms with Gasteiger partial charge in [-0.15, -0.1) is 0 Å². The Hall–Kier alpha value is -2.10. The van der Waals surface area contributed by atoms with Gasteiger partial charge < -0.3 is 0 Å². The van der Waals surface area contributed by atoms with Crippen molar-refractivity contribution in [2.75, 3.05) is 0 Å². The topological polar surface area (TPSA) is 43.1 Å². The van der Waals surface area contributed by atoms with E-state index in [0.717, 1.165) is 23.1 Å². The van der Waals surface area contributed by atoms with Crippen LogP contribution in [-0.2, 0) is 0 Å². The monoisotopic (exact) mass is 337 g/mol. The van der Waals surface area contributed by atoms with E-state index >= 15 is 0 Å². The second-order valence-electron chi connectivity index (χ2n) is 5.71. The highest BCUT2D eigenvalue weighted by Crippen LogP contribution is 2.21. The first-order chi connectivity index (χ1) is 11.6. The Kier molecular flexibility index (Phi) is 7.04. The van der Waals surface area contributed by atoms with Gasteiger partial charge in [0.15, 0.2) is 5.78 Å². The molecule has 3 heteroatoms. The van der Waals surface area contributed by atoms with Gasteiger partial charge in [0.2, 0.25) is 0 Å². The molecule has 0 atom stereocenters. The number of rotatable bonds is 3. The van der Waals surface area contributed by atoms with E-state index in [1.165, 1.54) is 28.8 Å². The van der Waals surface area contributed by atoms with E-state index in [0.29, 0.717) is 0 Å². The zero-order chi connectivity index (χ0) is 17.4. The number of Topliss-reactive ketones (excluding diaryl/α,β-unsaturated/α-hetero) is 1. The van der Waals surface area contributed by atoms with Crippen LogP contribution in [0, 0.1) is 6.92 Å². The third-order valence-corrected chi connectivity index (χ3v) is 4.29. The van der Waals surface area contributed by atoms with Crippen molar-refractivity contribution in [1.29, 1.82) is 0 Å². The van der Waals surface area contributed by atoms with Crippen LogP contribution in [-0.4, -0.2) is 5.78 Å². The van der Waals surface area contributed by atoms with Crippen LogP contribution in [0.25, 0.3) is 11.1 Å². The highest BCUT2D eigenvalue weighted by molar-refractivity contribution is 8.01. The molecule has 0 saturated heterocycles. The lowest BCUT2D eigenvalue weighted by Gasteiger charge is -2.04. The SMILES string of the molecule is CC(=O)c1cccc(-c2cccc(C)c2)c1.NSC1=CCCC=C1. The summed E-state index contributed by atoms with van der Waals surface area (Å²) in [5, 5.41) is 5.30. The predicted molar refractivity (Wildman–Crippen MR) is 105 cm³/mol. The van der Waals surface area contributed by atoms with Gasteiger partial charge in [0, 0.05) is 10.5 Å². The highest BCUT2D eigenvalue weighted by Gasteiger charge is 2.02. The first-order valence-corrected chi connectivity index (χ1v) is 8.89. The maximum absolute atomic E-state index is 11.3. The summed E-state index contributed by atoms with van der Waals surface area (Å²) in [5.74, 6) is 0.106. The van der Waals surface area contributed by atoms with Crippen LogP contribution in [0.4, 0.5) is 0 Å². The molecule has 124 valence electrons. The molecule has 2 nitrogen and oxygen atoms in total. The molecule has 0 saturated carbocycles. The smallest absolute Gasteiger partial charge is 0.159 e. The standard InChI is InChI=1S/C15H14O.C6H9NS/c1-11-5-3-7-14(9-11)15-8-4-6-13(10-15)12(2)16;7-8-6-4-2-1-3-5-6/h3-10H,1-2H3;2,4-5H,1,3,7H2. The second-order valence-corrected chi connectivity index (χ2v) is 6.42. The molecule has 0 radical (unpaired) electrons. The van der Waals surface area contributed by atoms with Crippen molar-refractivity contribution in [2.45, 2.75) is 26.7 Å². The lowest BCUT2D eigenvalue weighted by Crippen LogP contribution is -1.91. The van der Waals surface area contributed by atoms with E-state index in [1.54, 1.807) is 6.92 Å². The first-order valence-electron chi connectivity index (χ1n) is 8.01. The maximum atomic E-state index is 11.3. The van der Waals surface area contributed by atoms with Crippen LogP contribution in [0.3, 0.4) is 0 Å². The van der Waals surface area contributed by atoms with Crippen LogP contribution in [0.1, 0.15) is 35.7 Å². The van der Waals surface area contributed by atoms with Gasteiger partial charge in [0.1, 0.15) is 0 Å². The molecule has 0 aromatic heterocycles. The van der Waals surface area contributed by atoms with Crippen LogP contribution in [0.15, 0.2) is 71.7 Å². The fraction of sp³-hybridized carbons (Fsp3) is 0.190. The van der Waals surface area contributed by atoms with Crippen molar-refractivity contribution in [3.05, 3.63) is 82.8 Å². The van der Waals surface area contributed by atoms with Crippen LogP contribution in [0.5, 0.6) is 0 Å². The minimum Gasteiger partial charge on any atom is -0.295 e. The Morgan fingerprint density at radius 1 is 1.04 bits per heavy atom. The quantitative estimate of drug-likeness (QED) is 0.578. The van der Waals surface area contributed by atoms with Crippen LogP contribution < -0.4 is 5.14 Å². The maximum Gasteiger partial charge on any atom is 0.159 e. The van der Waals surface area contributed by atoms with Gasteiger partial charge in [-0.25, -0.2) is 0 Å². The molecule has 2 aromatic rings. The Balaban J connectivity index is 0.000000219. The minimum absolute atomic E-state index is 0.106. The fourth-order valence-electron chi connectivity index (χ4n) is 2.42. The number of ketones is 1. The Bertz CT molecular complexity index is 762. The van der Waals surface area contributed by atoms with Crippen molar-refractivity contribution in [2.24, 2.45) is 5.14 Å². The zero-order valence-electron chi connectivity index (χ0n) is 14.2. The summed E-state index contributed by atoms with van der Waals surface area (Å²) in [5.41, 5.74) is 4.24. The molecule has 0 unspecified atom stereocenters.